The van der Waals surface area contributed by atoms with Gasteiger partial charge in [0, 0.05) is 23.3 Å². The lowest BCUT2D eigenvalue weighted by molar-refractivity contribution is -0.139. The molecular formula is C29H32N6O6. The van der Waals surface area contributed by atoms with Crippen molar-refractivity contribution in [3.63, 3.8) is 0 Å². The summed E-state index contributed by atoms with van der Waals surface area (Å²) in [5, 5.41) is 16.6. The molecule has 3 aromatic rings. The molecule has 1 heterocycles. The second-order valence-corrected chi connectivity index (χ2v) is 9.16. The van der Waals surface area contributed by atoms with Gasteiger partial charge >= 0.3 is 11.9 Å². The van der Waals surface area contributed by atoms with Gasteiger partial charge in [-0.05, 0) is 43.7 Å². The summed E-state index contributed by atoms with van der Waals surface area (Å²) < 4.78 is 9.91. The van der Waals surface area contributed by atoms with Crippen LogP contribution in [0.5, 0.6) is 0 Å². The third kappa shape index (κ3) is 8.95. The first kappa shape index (κ1) is 30.4. The maximum atomic E-state index is 12.5. The van der Waals surface area contributed by atoms with Crippen LogP contribution < -0.4 is 16.0 Å². The van der Waals surface area contributed by atoms with E-state index in [-0.39, 0.29) is 62.0 Å². The summed E-state index contributed by atoms with van der Waals surface area (Å²) in [6.07, 6.45) is -0.0668. The molecule has 0 aliphatic rings. The van der Waals surface area contributed by atoms with Crippen molar-refractivity contribution in [3.8, 4) is 0 Å². The highest BCUT2D eigenvalue weighted by Gasteiger charge is 2.16. The normalized spacial score (nSPS) is 10.5. The number of aromatic nitrogens is 2. The number of ether oxygens (including phenoxy) is 2. The lowest BCUT2D eigenvalue weighted by atomic mass is 10.0. The third-order valence-corrected chi connectivity index (χ3v) is 5.62. The molecule has 0 aliphatic heterocycles. The highest BCUT2D eigenvalue weighted by Crippen LogP contribution is 2.25. The van der Waals surface area contributed by atoms with Crippen LogP contribution in [-0.4, -0.2) is 72.3 Å². The first-order chi connectivity index (χ1) is 19.5. The number of nitrogens with zero attached hydrogens (tertiary/aromatic N) is 2. The summed E-state index contributed by atoms with van der Waals surface area (Å²) in [6.45, 7) is 10.0. The number of amides is 2. The first-order valence-electron chi connectivity index (χ1n) is 12.8. The van der Waals surface area contributed by atoms with Crippen LogP contribution in [0.2, 0.25) is 0 Å². The van der Waals surface area contributed by atoms with Gasteiger partial charge in [-0.3, -0.25) is 15.0 Å². The predicted octanol–water partition coefficient (Wildman–Crippen LogP) is 2.23. The summed E-state index contributed by atoms with van der Waals surface area (Å²) >= 11 is 0. The minimum atomic E-state index is -0.630. The van der Waals surface area contributed by atoms with E-state index in [2.05, 4.69) is 39.1 Å². The largest absolute Gasteiger partial charge is 0.460 e. The van der Waals surface area contributed by atoms with E-state index in [0.29, 0.717) is 33.3 Å². The number of anilines is 1. The molecule has 41 heavy (non-hydrogen) atoms. The van der Waals surface area contributed by atoms with Gasteiger partial charge in [0.25, 0.3) is 5.91 Å². The number of esters is 2. The van der Waals surface area contributed by atoms with E-state index in [0.717, 1.165) is 0 Å². The molecule has 2 aromatic carbocycles. The number of rotatable bonds is 14. The molecule has 3 rings (SSSR count). The second-order valence-electron chi connectivity index (χ2n) is 9.16. The fraction of sp³-hybridized carbons (Fsp3) is 0.276. The summed E-state index contributed by atoms with van der Waals surface area (Å²) in [7, 11) is 0. The number of benzene rings is 2. The van der Waals surface area contributed by atoms with E-state index in [1.54, 1.807) is 12.1 Å². The average Bonchev–Trinajstić information content (AvgIpc) is 2.94. The SMILES string of the molecule is C=C(C)C(=O)OCCNC(=O)CNc1cc2nc3ccccc3nc2cc1CC(=N)C(=O)NCCOC(=O)C(=C)C. The van der Waals surface area contributed by atoms with E-state index in [1.165, 1.54) is 13.8 Å². The Kier molecular flexibility index (Phi) is 10.6. The van der Waals surface area contributed by atoms with Crippen LogP contribution >= 0.6 is 0 Å². The Balaban J connectivity index is 1.70. The maximum absolute atomic E-state index is 12.5. The highest BCUT2D eigenvalue weighted by molar-refractivity contribution is 6.38. The van der Waals surface area contributed by atoms with E-state index in [9.17, 15) is 19.2 Å². The van der Waals surface area contributed by atoms with Crippen LogP contribution in [0, 0.1) is 5.41 Å². The molecule has 0 bridgehead atoms. The number of hydrogen-bond donors (Lipinski definition) is 4. The summed E-state index contributed by atoms with van der Waals surface area (Å²) in [4.78, 5) is 57.2. The van der Waals surface area contributed by atoms with Crippen LogP contribution in [0.15, 0.2) is 60.7 Å². The first-order valence-corrected chi connectivity index (χ1v) is 12.8. The van der Waals surface area contributed by atoms with Crippen LogP contribution in [0.4, 0.5) is 5.69 Å². The standard InChI is InChI=1S/C29H32N6O6/c1-17(2)28(38)40-11-9-31-26(36)16-33-23-15-25-24(34-21-7-5-6-8-22(21)35-25)14-19(23)13-20(30)27(37)32-10-12-41-29(39)18(3)4/h5-8,14-15,30,33H,1,3,9-13,16H2,2,4H3,(H,31,36)(H,32,37). The zero-order valence-corrected chi connectivity index (χ0v) is 23.0. The number of para-hydroxylation sites is 2. The smallest absolute Gasteiger partial charge is 0.333 e. The van der Waals surface area contributed by atoms with Crippen LogP contribution in [-0.2, 0) is 35.1 Å². The number of carbonyl (C=O) groups excluding carboxylic acids is 4. The minimum absolute atomic E-state index is 0.00000700. The summed E-state index contributed by atoms with van der Waals surface area (Å²) in [5.41, 5.74) is 3.84. The molecule has 12 heteroatoms. The van der Waals surface area contributed by atoms with Crippen molar-refractivity contribution >= 4 is 57.2 Å². The van der Waals surface area contributed by atoms with Gasteiger partial charge < -0.3 is 25.4 Å². The Morgan fingerprint density at radius 1 is 0.829 bits per heavy atom. The number of nitrogens with one attached hydrogen (secondary N) is 4. The Bertz CT molecular complexity index is 1530. The van der Waals surface area contributed by atoms with Crippen molar-refractivity contribution in [2.24, 2.45) is 0 Å². The summed E-state index contributed by atoms with van der Waals surface area (Å²) in [6, 6.07) is 10.8. The quantitative estimate of drug-likeness (QED) is 0.0758. The zero-order valence-electron chi connectivity index (χ0n) is 23.0. The Hall–Kier alpha value is -5.13. The van der Waals surface area contributed by atoms with Gasteiger partial charge in [-0.25, -0.2) is 19.6 Å². The van der Waals surface area contributed by atoms with Crippen molar-refractivity contribution in [2.75, 3.05) is 38.2 Å². The molecule has 0 radical (unpaired) electrons. The molecular weight excluding hydrogens is 528 g/mol. The third-order valence-electron chi connectivity index (χ3n) is 5.62. The van der Waals surface area contributed by atoms with Crippen molar-refractivity contribution in [3.05, 3.63) is 66.3 Å². The molecule has 0 atom stereocenters. The number of fused-ring (bicyclic) bond motifs is 2. The molecule has 2 amide bonds. The predicted molar refractivity (Wildman–Crippen MR) is 155 cm³/mol. The molecule has 0 saturated carbocycles. The second kappa shape index (κ2) is 14.3. The van der Waals surface area contributed by atoms with E-state index in [4.69, 9.17) is 14.9 Å². The number of carbonyl (C=O) groups is 4. The van der Waals surface area contributed by atoms with E-state index < -0.39 is 17.8 Å². The lowest BCUT2D eigenvalue weighted by Crippen LogP contribution is -2.35. The molecule has 0 spiro atoms. The number of hydrogen-bond acceptors (Lipinski definition) is 10. The van der Waals surface area contributed by atoms with Crippen molar-refractivity contribution in [2.45, 2.75) is 20.3 Å². The van der Waals surface area contributed by atoms with Crippen molar-refractivity contribution in [1.29, 1.82) is 5.41 Å². The summed E-state index contributed by atoms with van der Waals surface area (Å²) in [5.74, 6) is -2.09. The van der Waals surface area contributed by atoms with Gasteiger partial charge in [0.1, 0.15) is 18.9 Å². The van der Waals surface area contributed by atoms with Gasteiger partial charge in [-0.2, -0.15) is 0 Å². The van der Waals surface area contributed by atoms with Crippen molar-refractivity contribution < 1.29 is 28.7 Å². The van der Waals surface area contributed by atoms with E-state index >= 15 is 0 Å². The van der Waals surface area contributed by atoms with Gasteiger partial charge in [-0.15, -0.1) is 0 Å². The topological polar surface area (TPSA) is 172 Å². The Morgan fingerprint density at radius 3 is 1.93 bits per heavy atom. The molecule has 4 N–H and O–H groups in total. The van der Waals surface area contributed by atoms with Gasteiger partial charge in [0.15, 0.2) is 0 Å². The Labute approximate surface area is 236 Å². The fourth-order valence-corrected chi connectivity index (χ4v) is 3.53. The van der Waals surface area contributed by atoms with Crippen LogP contribution in [0.1, 0.15) is 19.4 Å². The van der Waals surface area contributed by atoms with Crippen LogP contribution in [0.25, 0.3) is 22.1 Å². The molecule has 1 aromatic heterocycles. The maximum Gasteiger partial charge on any atom is 0.333 e. The average molecular weight is 561 g/mol. The van der Waals surface area contributed by atoms with Gasteiger partial charge in [-0.1, -0.05) is 25.3 Å². The van der Waals surface area contributed by atoms with Gasteiger partial charge in [0.2, 0.25) is 5.91 Å². The zero-order chi connectivity index (χ0) is 29.9. The van der Waals surface area contributed by atoms with Crippen molar-refractivity contribution in [1.82, 2.24) is 20.6 Å². The van der Waals surface area contributed by atoms with E-state index in [1.807, 2.05) is 24.3 Å². The molecule has 0 fully saturated rings. The molecule has 0 unspecified atom stereocenters. The van der Waals surface area contributed by atoms with Gasteiger partial charge in [0.05, 0.1) is 41.7 Å². The molecule has 214 valence electrons. The molecule has 12 nitrogen and oxygen atoms in total. The highest BCUT2D eigenvalue weighted by atomic mass is 16.5. The molecule has 0 aliphatic carbocycles. The minimum Gasteiger partial charge on any atom is -0.460 e. The monoisotopic (exact) mass is 560 g/mol. The Morgan fingerprint density at radius 2 is 1.37 bits per heavy atom. The molecule has 0 saturated heterocycles. The lowest BCUT2D eigenvalue weighted by Gasteiger charge is -2.15. The van der Waals surface area contributed by atoms with Crippen LogP contribution in [0.3, 0.4) is 0 Å². The fourth-order valence-electron chi connectivity index (χ4n) is 3.53.